The Hall–Kier alpha value is -2.65. The van der Waals surface area contributed by atoms with E-state index in [2.05, 4.69) is 4.90 Å². The first kappa shape index (κ1) is 23.5. The maximum absolute atomic E-state index is 13.5. The van der Waals surface area contributed by atoms with Crippen LogP contribution < -0.4 is 10.5 Å². The molecule has 0 saturated carbocycles. The van der Waals surface area contributed by atoms with E-state index in [0.717, 1.165) is 16.6 Å². The number of benzene rings is 1. The van der Waals surface area contributed by atoms with Crippen molar-refractivity contribution < 1.29 is 14.3 Å². The van der Waals surface area contributed by atoms with Crippen LogP contribution in [0.15, 0.2) is 34.0 Å². The quantitative estimate of drug-likeness (QED) is 0.364. The van der Waals surface area contributed by atoms with Gasteiger partial charge in [0.15, 0.2) is 0 Å². The standard InChI is InChI=1S/C24H27N3O4S2/c1-4-27-22(29)19(33-24(27)32)14-17-20(16-8-6-7-9-18(16)25(3)21(17)28)26-12-10-15(11-13-26)23(30)31-5-2/h6-9,14-15H,4-5,10-13H2,1-3H3. The van der Waals surface area contributed by atoms with Crippen LogP contribution in [0.5, 0.6) is 0 Å². The molecule has 2 fully saturated rings. The van der Waals surface area contributed by atoms with Gasteiger partial charge in [0.2, 0.25) is 0 Å². The Morgan fingerprint density at radius 1 is 1.21 bits per heavy atom. The Bertz CT molecular complexity index is 1210. The number of hydrogen-bond donors (Lipinski definition) is 0. The second-order valence-corrected chi connectivity index (χ2v) is 9.76. The fraction of sp³-hybridized carbons (Fsp3) is 0.417. The van der Waals surface area contributed by atoms with Gasteiger partial charge in [0, 0.05) is 32.1 Å². The molecule has 0 aliphatic carbocycles. The van der Waals surface area contributed by atoms with Crippen molar-refractivity contribution in [2.75, 3.05) is 31.1 Å². The monoisotopic (exact) mass is 485 g/mol. The van der Waals surface area contributed by atoms with E-state index in [4.69, 9.17) is 17.0 Å². The van der Waals surface area contributed by atoms with Crippen LogP contribution in [0.4, 0.5) is 5.69 Å². The van der Waals surface area contributed by atoms with Crippen molar-refractivity contribution in [3.63, 3.8) is 0 Å². The summed E-state index contributed by atoms with van der Waals surface area (Å²) in [6, 6.07) is 7.77. The SMILES string of the molecule is CCOC(=O)C1CCN(c2c(C=C3SC(=S)N(CC)C3=O)c(=O)n(C)c3ccccc23)CC1. The van der Waals surface area contributed by atoms with Gasteiger partial charge in [-0.2, -0.15) is 0 Å². The molecule has 1 amide bonds. The Morgan fingerprint density at radius 3 is 2.55 bits per heavy atom. The lowest BCUT2D eigenvalue weighted by molar-refractivity contribution is -0.148. The summed E-state index contributed by atoms with van der Waals surface area (Å²) in [5.41, 5.74) is 1.93. The van der Waals surface area contributed by atoms with Crippen LogP contribution in [0.1, 0.15) is 32.3 Å². The lowest BCUT2D eigenvalue weighted by Crippen LogP contribution is -2.38. The summed E-state index contributed by atoms with van der Waals surface area (Å²) in [7, 11) is 1.75. The fourth-order valence-electron chi connectivity index (χ4n) is 4.48. The van der Waals surface area contributed by atoms with Gasteiger partial charge >= 0.3 is 5.97 Å². The number of para-hydroxylation sites is 1. The minimum atomic E-state index is -0.172. The van der Waals surface area contributed by atoms with Crippen molar-refractivity contribution in [1.82, 2.24) is 9.47 Å². The Morgan fingerprint density at radius 2 is 1.91 bits per heavy atom. The number of hydrogen-bond acceptors (Lipinski definition) is 7. The highest BCUT2D eigenvalue weighted by molar-refractivity contribution is 8.26. The molecule has 4 rings (SSSR count). The highest BCUT2D eigenvalue weighted by Crippen LogP contribution is 2.37. The first-order valence-corrected chi connectivity index (χ1v) is 12.4. The van der Waals surface area contributed by atoms with Crippen LogP contribution in [-0.2, 0) is 21.4 Å². The molecule has 3 heterocycles. The summed E-state index contributed by atoms with van der Waals surface area (Å²) in [6.07, 6.45) is 3.00. The van der Waals surface area contributed by atoms with Crippen LogP contribution in [0.2, 0.25) is 0 Å². The molecule has 0 unspecified atom stereocenters. The summed E-state index contributed by atoms with van der Waals surface area (Å²) < 4.78 is 7.33. The number of esters is 1. The van der Waals surface area contributed by atoms with E-state index in [1.165, 1.54) is 11.8 Å². The van der Waals surface area contributed by atoms with Crippen molar-refractivity contribution in [2.45, 2.75) is 26.7 Å². The van der Waals surface area contributed by atoms with Gasteiger partial charge in [-0.15, -0.1) is 0 Å². The molecule has 0 atom stereocenters. The van der Waals surface area contributed by atoms with E-state index < -0.39 is 0 Å². The molecule has 1 aromatic heterocycles. The van der Waals surface area contributed by atoms with Crippen LogP contribution in [-0.4, -0.2) is 51.9 Å². The minimum Gasteiger partial charge on any atom is -0.466 e. The molecule has 33 heavy (non-hydrogen) atoms. The molecule has 0 spiro atoms. The van der Waals surface area contributed by atoms with Crippen LogP contribution in [0.25, 0.3) is 17.0 Å². The number of ether oxygens (including phenoxy) is 1. The number of thiocarbonyl (C=S) groups is 1. The van der Waals surface area contributed by atoms with Gasteiger partial charge in [0.25, 0.3) is 11.5 Å². The summed E-state index contributed by atoms with van der Waals surface area (Å²) in [5, 5.41) is 0.936. The lowest BCUT2D eigenvalue weighted by Gasteiger charge is -2.34. The molecule has 2 aliphatic rings. The van der Waals surface area contributed by atoms with Crippen LogP contribution >= 0.6 is 24.0 Å². The lowest BCUT2D eigenvalue weighted by atomic mass is 9.95. The average molecular weight is 486 g/mol. The van der Waals surface area contributed by atoms with Crippen molar-refractivity contribution in [3.8, 4) is 0 Å². The van der Waals surface area contributed by atoms with Gasteiger partial charge in [0.1, 0.15) is 4.32 Å². The molecule has 0 bridgehead atoms. The number of aromatic nitrogens is 1. The number of rotatable bonds is 5. The zero-order valence-corrected chi connectivity index (χ0v) is 20.6. The predicted octanol–water partition coefficient (Wildman–Crippen LogP) is 3.54. The van der Waals surface area contributed by atoms with E-state index in [1.54, 1.807) is 22.6 Å². The largest absolute Gasteiger partial charge is 0.466 e. The Labute approximate surface area is 202 Å². The zero-order valence-electron chi connectivity index (χ0n) is 19.0. The van der Waals surface area contributed by atoms with E-state index in [-0.39, 0.29) is 23.4 Å². The zero-order chi connectivity index (χ0) is 23.7. The molecule has 9 heteroatoms. The number of thioether (sulfide) groups is 1. The first-order valence-electron chi connectivity index (χ1n) is 11.2. The van der Waals surface area contributed by atoms with Crippen molar-refractivity contribution >= 4 is 62.8 Å². The fourth-order valence-corrected chi connectivity index (χ4v) is 5.84. The number of anilines is 1. The Kier molecular flexibility index (Phi) is 6.90. The summed E-state index contributed by atoms with van der Waals surface area (Å²) in [5.74, 6) is -0.465. The van der Waals surface area contributed by atoms with Gasteiger partial charge in [-0.25, -0.2) is 0 Å². The third kappa shape index (κ3) is 4.31. The molecule has 2 aromatic rings. The molecular formula is C24H27N3O4S2. The maximum atomic E-state index is 13.5. The van der Waals surface area contributed by atoms with Crippen LogP contribution in [0.3, 0.4) is 0 Å². The van der Waals surface area contributed by atoms with Crippen LogP contribution in [0, 0.1) is 5.92 Å². The molecule has 0 radical (unpaired) electrons. The number of piperidine rings is 1. The minimum absolute atomic E-state index is 0.136. The summed E-state index contributed by atoms with van der Waals surface area (Å²) >= 11 is 6.58. The second-order valence-electron chi connectivity index (χ2n) is 8.08. The third-order valence-electron chi connectivity index (χ3n) is 6.21. The van der Waals surface area contributed by atoms with Gasteiger partial charge < -0.3 is 14.2 Å². The third-order valence-corrected chi connectivity index (χ3v) is 7.58. The molecular weight excluding hydrogens is 458 g/mol. The summed E-state index contributed by atoms with van der Waals surface area (Å²) in [6.45, 7) is 5.80. The highest BCUT2D eigenvalue weighted by atomic mass is 32.2. The van der Waals surface area contributed by atoms with Gasteiger partial charge in [-0.3, -0.25) is 19.3 Å². The molecule has 2 saturated heterocycles. The van der Waals surface area contributed by atoms with E-state index >= 15 is 0 Å². The number of fused-ring (bicyclic) bond motifs is 1. The number of carbonyl (C=O) groups is 2. The number of pyridine rings is 1. The average Bonchev–Trinajstić information content (AvgIpc) is 3.09. The second kappa shape index (κ2) is 9.69. The maximum Gasteiger partial charge on any atom is 0.309 e. The smallest absolute Gasteiger partial charge is 0.309 e. The van der Waals surface area contributed by atoms with E-state index in [9.17, 15) is 14.4 Å². The Balaban J connectivity index is 1.81. The number of aryl methyl sites for hydroxylation is 1. The normalized spacial score (nSPS) is 18.6. The molecule has 2 aliphatic heterocycles. The van der Waals surface area contributed by atoms with Crippen molar-refractivity contribution in [1.29, 1.82) is 0 Å². The molecule has 174 valence electrons. The highest BCUT2D eigenvalue weighted by Gasteiger charge is 2.33. The topological polar surface area (TPSA) is 71.8 Å². The molecule has 1 aromatic carbocycles. The van der Waals surface area contributed by atoms with Gasteiger partial charge in [0.05, 0.1) is 34.2 Å². The molecule has 7 nitrogen and oxygen atoms in total. The van der Waals surface area contributed by atoms with Crippen molar-refractivity contribution in [3.05, 3.63) is 45.1 Å². The summed E-state index contributed by atoms with van der Waals surface area (Å²) in [4.78, 5) is 42.7. The first-order chi connectivity index (χ1) is 15.9. The van der Waals surface area contributed by atoms with E-state index in [1.807, 2.05) is 38.1 Å². The number of likely N-dealkylation sites (N-methyl/N-ethyl adjacent to an activating group) is 1. The number of carbonyl (C=O) groups excluding carboxylic acids is 2. The van der Waals surface area contributed by atoms with E-state index in [0.29, 0.717) is 53.9 Å². The van der Waals surface area contributed by atoms with Crippen molar-refractivity contribution in [2.24, 2.45) is 13.0 Å². The number of amides is 1. The van der Waals surface area contributed by atoms with Gasteiger partial charge in [-0.05, 0) is 38.8 Å². The van der Waals surface area contributed by atoms with Gasteiger partial charge in [-0.1, -0.05) is 42.2 Å². The molecule has 0 N–H and O–H groups in total. The number of nitrogens with zero attached hydrogens (tertiary/aromatic N) is 3. The predicted molar refractivity (Wildman–Crippen MR) is 136 cm³/mol.